The van der Waals surface area contributed by atoms with E-state index in [1.54, 1.807) is 4.90 Å². The maximum atomic E-state index is 13.1. The van der Waals surface area contributed by atoms with Crippen LogP contribution in [-0.4, -0.2) is 44.2 Å². The summed E-state index contributed by atoms with van der Waals surface area (Å²) in [5.41, 5.74) is -0.906. The zero-order valence-corrected chi connectivity index (χ0v) is 16.3. The Morgan fingerprint density at radius 2 is 2.07 bits per heavy atom. The summed E-state index contributed by atoms with van der Waals surface area (Å²) >= 11 is 0. The van der Waals surface area contributed by atoms with Crippen LogP contribution >= 0.6 is 0 Å². The second kappa shape index (κ2) is 7.70. The second-order valence-electron chi connectivity index (χ2n) is 7.77. The lowest BCUT2D eigenvalue weighted by Crippen LogP contribution is -2.40. The number of rotatable bonds is 6. The third-order valence-corrected chi connectivity index (χ3v) is 5.69. The molecule has 1 fully saturated rings. The normalized spacial score (nSPS) is 20.3. The molecule has 10 heteroatoms. The van der Waals surface area contributed by atoms with E-state index in [9.17, 15) is 18.0 Å². The van der Waals surface area contributed by atoms with Gasteiger partial charge in [0.05, 0.1) is 5.56 Å². The van der Waals surface area contributed by atoms with E-state index in [-0.39, 0.29) is 11.8 Å². The number of nitrogens with zero attached hydrogens (tertiary/aromatic N) is 6. The molecule has 2 aromatic heterocycles. The van der Waals surface area contributed by atoms with E-state index in [1.807, 2.05) is 0 Å². The Kier molecular flexibility index (Phi) is 5.22. The van der Waals surface area contributed by atoms with E-state index < -0.39 is 17.4 Å². The first-order valence-electron chi connectivity index (χ1n) is 9.88. The molecule has 2 aliphatic heterocycles. The van der Waals surface area contributed by atoms with E-state index in [0.717, 1.165) is 25.1 Å². The Bertz CT molecular complexity index is 1020. The summed E-state index contributed by atoms with van der Waals surface area (Å²) in [6.45, 7) is 1.02. The Morgan fingerprint density at radius 3 is 2.77 bits per heavy atom. The van der Waals surface area contributed by atoms with Crippen LogP contribution in [0.1, 0.15) is 55.8 Å². The molecule has 1 atom stereocenters. The van der Waals surface area contributed by atoms with Gasteiger partial charge < -0.3 is 4.90 Å². The summed E-state index contributed by atoms with van der Waals surface area (Å²) in [4.78, 5) is 14.5. The van der Waals surface area contributed by atoms with Gasteiger partial charge in [0.2, 0.25) is 5.91 Å². The van der Waals surface area contributed by atoms with Crippen molar-refractivity contribution in [2.45, 2.75) is 56.3 Å². The largest absolute Gasteiger partial charge is 0.417 e. The highest BCUT2D eigenvalue weighted by Gasteiger charge is 2.40. The minimum Gasteiger partial charge on any atom is -0.342 e. The lowest BCUT2D eigenvalue weighted by molar-refractivity contribution is -0.137. The van der Waals surface area contributed by atoms with Gasteiger partial charge in [-0.2, -0.15) is 23.4 Å². The fourth-order valence-corrected chi connectivity index (χ4v) is 3.90. The zero-order valence-electron chi connectivity index (χ0n) is 16.3. The lowest BCUT2D eigenvalue weighted by atomic mass is 9.96. The van der Waals surface area contributed by atoms with Gasteiger partial charge in [-0.15, -0.1) is 22.5 Å². The minimum atomic E-state index is -4.45. The smallest absolute Gasteiger partial charge is 0.342 e. The first-order chi connectivity index (χ1) is 14.3. The third-order valence-electron chi connectivity index (χ3n) is 5.69. The molecule has 2 aromatic rings. The first kappa shape index (κ1) is 20.3. The Labute approximate surface area is 171 Å². The van der Waals surface area contributed by atoms with E-state index in [1.165, 1.54) is 10.5 Å². The first-order valence-corrected chi connectivity index (χ1v) is 9.88. The lowest BCUT2D eigenvalue weighted by Gasteiger charge is -2.32. The molecule has 0 N–H and O–H groups in total. The van der Waals surface area contributed by atoms with Crippen molar-refractivity contribution >= 4 is 11.6 Å². The molecule has 1 amide bonds. The number of hydrogen-bond acceptors (Lipinski definition) is 5. The molecule has 0 saturated carbocycles. The van der Waals surface area contributed by atoms with Crippen molar-refractivity contribution in [1.29, 1.82) is 0 Å². The second-order valence-corrected chi connectivity index (χ2v) is 7.77. The Hall–Kier alpha value is -2.96. The number of piperidine rings is 1. The predicted molar refractivity (Wildman–Crippen MR) is 101 cm³/mol. The van der Waals surface area contributed by atoms with Crippen molar-refractivity contribution in [2.24, 2.45) is 10.2 Å². The number of halogens is 3. The number of alkyl halides is 3. The molecule has 0 aromatic carbocycles. The van der Waals surface area contributed by atoms with Crippen molar-refractivity contribution in [3.05, 3.63) is 29.7 Å². The van der Waals surface area contributed by atoms with Crippen LogP contribution in [0.25, 0.3) is 5.65 Å². The highest BCUT2D eigenvalue weighted by molar-refractivity contribution is 5.76. The van der Waals surface area contributed by atoms with Gasteiger partial charge in [0.25, 0.3) is 0 Å². The molecule has 2 aliphatic rings. The number of fused-ring (bicyclic) bond motifs is 1. The number of likely N-dealkylation sites (tertiary alicyclic amines) is 1. The van der Waals surface area contributed by atoms with E-state index in [0.29, 0.717) is 50.2 Å². The predicted octanol–water partition coefficient (Wildman–Crippen LogP) is 3.81. The van der Waals surface area contributed by atoms with Gasteiger partial charge in [-0.3, -0.25) is 9.20 Å². The standard InChI is InChI=1S/C20H21F3N6O/c1-2-3-9-19(26-27-19)10-8-17(30)28-11-4-5-14(12-28)18-25-24-16-7-6-15(13-29(16)18)20(21,22)23/h1,6-7,13-14H,3-5,8-12H2. The summed E-state index contributed by atoms with van der Waals surface area (Å²) in [6, 6.07) is 2.30. The van der Waals surface area contributed by atoms with Crippen molar-refractivity contribution in [3.63, 3.8) is 0 Å². The Morgan fingerprint density at radius 1 is 1.27 bits per heavy atom. The molecular weight excluding hydrogens is 397 g/mol. The summed E-state index contributed by atoms with van der Waals surface area (Å²) in [5, 5.41) is 16.2. The number of carbonyl (C=O) groups is 1. The van der Waals surface area contributed by atoms with Gasteiger partial charge in [-0.1, -0.05) is 0 Å². The maximum Gasteiger partial charge on any atom is 0.417 e. The van der Waals surface area contributed by atoms with Crippen LogP contribution in [0.3, 0.4) is 0 Å². The highest BCUT2D eigenvalue weighted by atomic mass is 19.4. The van der Waals surface area contributed by atoms with Gasteiger partial charge >= 0.3 is 6.18 Å². The van der Waals surface area contributed by atoms with Gasteiger partial charge in [0, 0.05) is 50.9 Å². The molecule has 1 unspecified atom stereocenters. The van der Waals surface area contributed by atoms with E-state index in [2.05, 4.69) is 26.3 Å². The van der Waals surface area contributed by atoms with E-state index >= 15 is 0 Å². The number of aromatic nitrogens is 3. The molecule has 1 saturated heterocycles. The van der Waals surface area contributed by atoms with Gasteiger partial charge in [-0.05, 0) is 25.0 Å². The topological polar surface area (TPSA) is 75.2 Å². The number of carbonyl (C=O) groups excluding carboxylic acids is 1. The fourth-order valence-electron chi connectivity index (χ4n) is 3.90. The van der Waals surface area contributed by atoms with E-state index in [4.69, 9.17) is 6.42 Å². The van der Waals surface area contributed by atoms with Crippen LogP contribution in [0.2, 0.25) is 0 Å². The Balaban J connectivity index is 1.44. The quantitative estimate of drug-likeness (QED) is 0.670. The zero-order chi connectivity index (χ0) is 21.4. The monoisotopic (exact) mass is 418 g/mol. The van der Waals surface area contributed by atoms with Crippen molar-refractivity contribution in [2.75, 3.05) is 13.1 Å². The van der Waals surface area contributed by atoms with Crippen LogP contribution in [-0.2, 0) is 11.0 Å². The SMILES string of the molecule is C#CCCC1(CCC(=O)N2CCCC(c3nnc4ccc(C(F)(F)F)cn34)C2)N=N1. The molecule has 0 bridgehead atoms. The number of amides is 1. The van der Waals surface area contributed by atoms with Crippen LogP contribution < -0.4 is 0 Å². The van der Waals surface area contributed by atoms with Crippen LogP contribution in [0, 0.1) is 12.3 Å². The number of terminal acetylenes is 1. The fraction of sp³-hybridized carbons (Fsp3) is 0.550. The van der Waals surface area contributed by atoms with Crippen molar-refractivity contribution < 1.29 is 18.0 Å². The molecule has 158 valence electrons. The summed E-state index contributed by atoms with van der Waals surface area (Å²) in [5.74, 6) is 2.83. The van der Waals surface area contributed by atoms with Crippen LogP contribution in [0.4, 0.5) is 13.2 Å². The molecule has 30 heavy (non-hydrogen) atoms. The number of hydrogen-bond donors (Lipinski definition) is 0. The van der Waals surface area contributed by atoms with Gasteiger partial charge in [0.1, 0.15) is 5.82 Å². The molecule has 7 nitrogen and oxygen atoms in total. The summed E-state index contributed by atoms with van der Waals surface area (Å²) in [6.07, 6.45) is 5.39. The van der Waals surface area contributed by atoms with Crippen molar-refractivity contribution in [1.82, 2.24) is 19.5 Å². The molecule has 4 rings (SSSR count). The highest BCUT2D eigenvalue weighted by Crippen LogP contribution is 2.38. The minimum absolute atomic E-state index is 0.0121. The molecule has 0 aliphatic carbocycles. The van der Waals surface area contributed by atoms with Gasteiger partial charge in [-0.25, -0.2) is 0 Å². The molecular formula is C20H21F3N6O. The summed E-state index contributed by atoms with van der Waals surface area (Å²) < 4.78 is 40.7. The van der Waals surface area contributed by atoms with Crippen LogP contribution in [0.5, 0.6) is 0 Å². The average Bonchev–Trinajstić information content (AvgIpc) is 3.38. The molecule has 0 spiro atoms. The van der Waals surface area contributed by atoms with Crippen molar-refractivity contribution in [3.8, 4) is 12.3 Å². The maximum absolute atomic E-state index is 13.1. The number of pyridine rings is 1. The van der Waals surface area contributed by atoms with Gasteiger partial charge in [0.15, 0.2) is 11.3 Å². The summed E-state index contributed by atoms with van der Waals surface area (Å²) in [7, 11) is 0. The third kappa shape index (κ3) is 4.15. The molecule has 4 heterocycles. The molecule has 0 radical (unpaired) electrons. The average molecular weight is 418 g/mol. The van der Waals surface area contributed by atoms with Crippen LogP contribution in [0.15, 0.2) is 28.6 Å².